The van der Waals surface area contributed by atoms with Crippen molar-refractivity contribution < 1.29 is 9.53 Å². The van der Waals surface area contributed by atoms with E-state index in [0.29, 0.717) is 12.1 Å². The van der Waals surface area contributed by atoms with E-state index in [-0.39, 0.29) is 5.91 Å². The molecular weight excluding hydrogens is 142 g/mol. The lowest BCUT2D eigenvalue weighted by Gasteiger charge is -2.00. The fraction of sp³-hybridized carbons (Fsp3) is 0.375. The van der Waals surface area contributed by atoms with Crippen LogP contribution in [-0.4, -0.2) is 13.0 Å². The Morgan fingerprint density at radius 3 is 2.82 bits per heavy atom. The van der Waals surface area contributed by atoms with E-state index in [2.05, 4.69) is 16.6 Å². The third kappa shape index (κ3) is 5.21. The van der Waals surface area contributed by atoms with Gasteiger partial charge in [-0.15, -0.1) is 0 Å². The minimum absolute atomic E-state index is 0.0456. The molecule has 0 atom stereocenters. The zero-order valence-electron chi connectivity index (χ0n) is 6.89. The average Bonchev–Trinajstić information content (AvgIpc) is 2.00. The van der Waals surface area contributed by atoms with E-state index < -0.39 is 0 Å². The molecule has 0 saturated carbocycles. The van der Waals surface area contributed by atoms with E-state index in [9.17, 15) is 4.79 Å². The van der Waals surface area contributed by atoms with Gasteiger partial charge in [0.2, 0.25) is 5.91 Å². The second-order valence-electron chi connectivity index (χ2n) is 1.97. The molecule has 0 aromatic heterocycles. The molecule has 3 nitrogen and oxygen atoms in total. The van der Waals surface area contributed by atoms with E-state index in [0.717, 1.165) is 0 Å². The molecule has 0 radical (unpaired) electrons. The summed E-state index contributed by atoms with van der Waals surface area (Å²) in [6, 6.07) is 0. The molecule has 62 valence electrons. The van der Waals surface area contributed by atoms with Crippen molar-refractivity contribution in [2.45, 2.75) is 13.3 Å². The molecule has 0 aliphatic rings. The van der Waals surface area contributed by atoms with Crippen molar-refractivity contribution in [2.75, 3.05) is 7.11 Å². The van der Waals surface area contributed by atoms with Gasteiger partial charge in [0, 0.05) is 12.1 Å². The van der Waals surface area contributed by atoms with Gasteiger partial charge in [0.05, 0.1) is 13.4 Å². The highest BCUT2D eigenvalue weighted by atomic mass is 16.5. The number of amides is 1. The Morgan fingerprint density at radius 2 is 2.36 bits per heavy atom. The highest BCUT2D eigenvalue weighted by molar-refractivity contribution is 5.77. The van der Waals surface area contributed by atoms with Crippen molar-refractivity contribution in [3.05, 3.63) is 24.6 Å². The molecule has 0 aromatic rings. The van der Waals surface area contributed by atoms with Crippen LogP contribution in [0.25, 0.3) is 0 Å². The molecule has 0 aromatic carbocycles. The van der Waals surface area contributed by atoms with Gasteiger partial charge in [0.15, 0.2) is 0 Å². The molecule has 0 aliphatic heterocycles. The van der Waals surface area contributed by atoms with Crippen LogP contribution in [0.5, 0.6) is 0 Å². The van der Waals surface area contributed by atoms with Crippen molar-refractivity contribution >= 4 is 5.91 Å². The van der Waals surface area contributed by atoms with Crippen LogP contribution < -0.4 is 5.32 Å². The molecule has 0 spiro atoms. The second kappa shape index (κ2) is 5.53. The molecule has 0 heterocycles. The van der Waals surface area contributed by atoms with Crippen molar-refractivity contribution in [3.8, 4) is 0 Å². The number of carbonyl (C=O) groups excluding carboxylic acids is 1. The molecular formula is C8H13NO2. The lowest BCUT2D eigenvalue weighted by Crippen LogP contribution is -2.19. The molecule has 0 rings (SSSR count). The normalized spacial score (nSPS) is 9.64. The fourth-order valence-corrected chi connectivity index (χ4v) is 0.459. The predicted octanol–water partition coefficient (Wildman–Crippen LogP) is 1.19. The Labute approximate surface area is 66.7 Å². The molecule has 0 aliphatic carbocycles. The molecule has 1 N–H and O–H groups in total. The summed E-state index contributed by atoms with van der Waals surface area (Å²) in [6.07, 6.45) is 3.51. The van der Waals surface area contributed by atoms with Gasteiger partial charge in [0.1, 0.15) is 0 Å². The Bertz CT molecular complexity index is 173. The Hall–Kier alpha value is -1.25. The van der Waals surface area contributed by atoms with E-state index >= 15 is 0 Å². The minimum atomic E-state index is -0.0456. The van der Waals surface area contributed by atoms with Gasteiger partial charge in [0.25, 0.3) is 0 Å². The summed E-state index contributed by atoms with van der Waals surface area (Å²) in [4.78, 5) is 10.7. The molecule has 3 heteroatoms. The lowest BCUT2D eigenvalue weighted by atomic mass is 10.4. The summed E-state index contributed by atoms with van der Waals surface area (Å²) in [7, 11) is 1.53. The number of allylic oxidation sites excluding steroid dienone is 1. The largest absolute Gasteiger partial charge is 0.504 e. The molecule has 0 saturated heterocycles. The summed E-state index contributed by atoms with van der Waals surface area (Å²) in [5, 5.41) is 2.56. The average molecular weight is 155 g/mol. The number of methoxy groups -OCH3 is 1. The van der Waals surface area contributed by atoms with Gasteiger partial charge in [-0.1, -0.05) is 13.5 Å². The third-order valence-corrected chi connectivity index (χ3v) is 1.03. The number of rotatable bonds is 4. The van der Waals surface area contributed by atoms with Gasteiger partial charge in [-0.3, -0.25) is 4.79 Å². The number of hydrogen-bond acceptors (Lipinski definition) is 2. The molecule has 0 bridgehead atoms. The van der Waals surface area contributed by atoms with Crippen LogP contribution in [0.2, 0.25) is 0 Å². The van der Waals surface area contributed by atoms with Gasteiger partial charge in [-0.2, -0.15) is 0 Å². The maximum atomic E-state index is 10.7. The zero-order valence-corrected chi connectivity index (χ0v) is 6.89. The van der Waals surface area contributed by atoms with Crippen molar-refractivity contribution in [3.63, 3.8) is 0 Å². The standard InChI is InChI=1S/C8H13NO2/c1-4-8(10)9-7(2)5-6-11-3/h5-6H,2,4H2,1,3H3,(H,9,10)/b6-5-. The van der Waals surface area contributed by atoms with E-state index in [1.807, 2.05) is 0 Å². The predicted molar refractivity (Wildman–Crippen MR) is 43.7 cm³/mol. The van der Waals surface area contributed by atoms with Crippen molar-refractivity contribution in [1.82, 2.24) is 5.32 Å². The van der Waals surface area contributed by atoms with Crippen molar-refractivity contribution in [2.24, 2.45) is 0 Å². The molecule has 1 amide bonds. The summed E-state index contributed by atoms with van der Waals surface area (Å²) in [6.45, 7) is 5.36. The number of nitrogens with one attached hydrogen (secondary N) is 1. The Kier molecular flexibility index (Phi) is 4.90. The van der Waals surface area contributed by atoms with Crippen LogP contribution in [0.4, 0.5) is 0 Å². The smallest absolute Gasteiger partial charge is 0.224 e. The third-order valence-electron chi connectivity index (χ3n) is 1.03. The molecule has 11 heavy (non-hydrogen) atoms. The van der Waals surface area contributed by atoms with Crippen LogP contribution in [-0.2, 0) is 9.53 Å². The molecule has 0 fully saturated rings. The van der Waals surface area contributed by atoms with Gasteiger partial charge >= 0.3 is 0 Å². The first-order valence-electron chi connectivity index (χ1n) is 3.38. The first kappa shape index (κ1) is 9.75. The summed E-state index contributed by atoms with van der Waals surface area (Å²) < 4.78 is 4.64. The quantitative estimate of drug-likeness (QED) is 0.489. The van der Waals surface area contributed by atoms with Crippen molar-refractivity contribution in [1.29, 1.82) is 0 Å². The van der Waals surface area contributed by atoms with E-state index in [1.54, 1.807) is 13.0 Å². The van der Waals surface area contributed by atoms with Gasteiger partial charge < -0.3 is 10.1 Å². The molecule has 0 unspecified atom stereocenters. The lowest BCUT2D eigenvalue weighted by molar-refractivity contribution is -0.119. The summed E-state index contributed by atoms with van der Waals surface area (Å²) in [5.41, 5.74) is 0.540. The number of ether oxygens (including phenoxy) is 1. The SMILES string of the molecule is C=C(/C=C\OC)NC(=O)CC. The number of carbonyl (C=O) groups is 1. The number of hydrogen-bond donors (Lipinski definition) is 1. The highest BCUT2D eigenvalue weighted by Crippen LogP contribution is 1.88. The summed E-state index contributed by atoms with van der Waals surface area (Å²) >= 11 is 0. The first-order valence-corrected chi connectivity index (χ1v) is 3.38. The van der Waals surface area contributed by atoms with Crippen LogP contribution in [0, 0.1) is 0 Å². The van der Waals surface area contributed by atoms with Crippen LogP contribution in [0.3, 0.4) is 0 Å². The van der Waals surface area contributed by atoms with Gasteiger partial charge in [-0.05, 0) is 6.08 Å². The van der Waals surface area contributed by atoms with E-state index in [4.69, 9.17) is 0 Å². The Balaban J connectivity index is 3.69. The monoisotopic (exact) mass is 155 g/mol. The van der Waals surface area contributed by atoms with E-state index in [1.165, 1.54) is 13.4 Å². The maximum Gasteiger partial charge on any atom is 0.224 e. The van der Waals surface area contributed by atoms with Gasteiger partial charge in [-0.25, -0.2) is 0 Å². The minimum Gasteiger partial charge on any atom is -0.504 e. The van der Waals surface area contributed by atoms with Crippen LogP contribution >= 0.6 is 0 Å². The van der Waals surface area contributed by atoms with Crippen LogP contribution in [0.1, 0.15) is 13.3 Å². The maximum absolute atomic E-state index is 10.7. The summed E-state index contributed by atoms with van der Waals surface area (Å²) in [5.74, 6) is -0.0456. The Morgan fingerprint density at radius 1 is 1.73 bits per heavy atom. The topological polar surface area (TPSA) is 38.3 Å². The zero-order chi connectivity index (χ0) is 8.69. The second-order valence-corrected chi connectivity index (χ2v) is 1.97. The first-order chi connectivity index (χ1) is 5.20. The fourth-order valence-electron chi connectivity index (χ4n) is 0.459. The van der Waals surface area contributed by atoms with Crippen LogP contribution in [0.15, 0.2) is 24.6 Å². The highest BCUT2D eigenvalue weighted by Gasteiger charge is 1.94.